The molecule has 2 aromatic carbocycles. The monoisotopic (exact) mass is 406 g/mol. The highest BCUT2D eigenvalue weighted by molar-refractivity contribution is 7.21. The molecule has 29 heavy (non-hydrogen) atoms. The number of anilines is 1. The first-order chi connectivity index (χ1) is 14.1. The number of nitro groups is 1. The van der Waals surface area contributed by atoms with Gasteiger partial charge in [0.25, 0.3) is 11.6 Å². The van der Waals surface area contributed by atoms with Gasteiger partial charge in [-0.05, 0) is 36.4 Å². The van der Waals surface area contributed by atoms with E-state index >= 15 is 0 Å². The van der Waals surface area contributed by atoms with Crippen molar-refractivity contribution in [3.63, 3.8) is 0 Å². The van der Waals surface area contributed by atoms with Crippen LogP contribution in [0.3, 0.4) is 0 Å². The molecule has 2 aromatic heterocycles. The average Bonchev–Trinajstić information content (AvgIpc) is 3.18. The third-order valence-electron chi connectivity index (χ3n) is 4.20. The Bertz CT molecular complexity index is 1210. The second-order valence-corrected chi connectivity index (χ2v) is 7.01. The molecule has 0 radical (unpaired) electrons. The number of nitrogens with one attached hydrogen (secondary N) is 1. The number of methoxy groups -OCH3 is 1. The highest BCUT2D eigenvalue weighted by Gasteiger charge is 2.21. The van der Waals surface area contributed by atoms with Gasteiger partial charge < -0.3 is 10.1 Å². The van der Waals surface area contributed by atoms with Gasteiger partial charge in [0.05, 0.1) is 33.9 Å². The van der Waals surface area contributed by atoms with E-state index in [2.05, 4.69) is 15.3 Å². The highest BCUT2D eigenvalue weighted by Crippen LogP contribution is 2.32. The number of pyridine rings is 1. The predicted molar refractivity (Wildman–Crippen MR) is 110 cm³/mol. The standard InChI is InChI=1S/C20H14N4O4S/c1-28-12-8-9-14(16(11-12)24(26)27)22-19(25)13-5-4-10-21-18(13)20-23-15-6-2-3-7-17(15)29-20/h2-11H,1H3,(H,22,25). The molecule has 4 aromatic rings. The normalized spacial score (nSPS) is 10.7. The van der Waals surface area contributed by atoms with Gasteiger partial charge in [0, 0.05) is 6.20 Å². The Balaban J connectivity index is 1.71. The first-order valence-corrected chi connectivity index (χ1v) is 9.33. The van der Waals surface area contributed by atoms with Crippen LogP contribution < -0.4 is 10.1 Å². The topological polar surface area (TPSA) is 107 Å². The molecule has 1 N–H and O–H groups in total. The van der Waals surface area contributed by atoms with Crippen LogP contribution in [0.25, 0.3) is 20.9 Å². The van der Waals surface area contributed by atoms with E-state index in [0.29, 0.717) is 16.5 Å². The van der Waals surface area contributed by atoms with Crippen LogP contribution in [-0.2, 0) is 0 Å². The summed E-state index contributed by atoms with van der Waals surface area (Å²) in [6.07, 6.45) is 1.58. The molecule has 1 amide bonds. The molecular weight excluding hydrogens is 392 g/mol. The fourth-order valence-electron chi connectivity index (χ4n) is 2.82. The van der Waals surface area contributed by atoms with Crippen LogP contribution in [0.15, 0.2) is 60.8 Å². The summed E-state index contributed by atoms with van der Waals surface area (Å²) in [6.45, 7) is 0. The summed E-state index contributed by atoms with van der Waals surface area (Å²) < 4.78 is 6.00. The zero-order valence-corrected chi connectivity index (χ0v) is 16.0. The van der Waals surface area contributed by atoms with E-state index in [0.717, 1.165) is 10.2 Å². The highest BCUT2D eigenvalue weighted by atomic mass is 32.1. The fourth-order valence-corrected chi connectivity index (χ4v) is 3.79. The fraction of sp³-hybridized carbons (Fsp3) is 0.0500. The Morgan fingerprint density at radius 3 is 2.76 bits per heavy atom. The molecular formula is C20H14N4O4S. The number of nitrogens with zero attached hydrogens (tertiary/aromatic N) is 3. The van der Waals surface area contributed by atoms with Crippen LogP contribution in [0.2, 0.25) is 0 Å². The van der Waals surface area contributed by atoms with Gasteiger partial charge in [-0.15, -0.1) is 11.3 Å². The molecule has 0 atom stereocenters. The van der Waals surface area contributed by atoms with Crippen molar-refractivity contribution in [1.82, 2.24) is 9.97 Å². The summed E-state index contributed by atoms with van der Waals surface area (Å²) in [6, 6.07) is 15.1. The van der Waals surface area contributed by atoms with Crippen LogP contribution >= 0.6 is 11.3 Å². The maximum absolute atomic E-state index is 12.9. The van der Waals surface area contributed by atoms with Crippen molar-refractivity contribution in [2.75, 3.05) is 12.4 Å². The summed E-state index contributed by atoms with van der Waals surface area (Å²) in [4.78, 5) is 32.6. The maximum atomic E-state index is 12.9. The molecule has 0 spiro atoms. The lowest BCUT2D eigenvalue weighted by molar-refractivity contribution is -0.384. The van der Waals surface area contributed by atoms with Crippen molar-refractivity contribution in [1.29, 1.82) is 0 Å². The van der Waals surface area contributed by atoms with Crippen LogP contribution in [0.1, 0.15) is 10.4 Å². The molecule has 0 saturated heterocycles. The number of hydrogen-bond donors (Lipinski definition) is 1. The van der Waals surface area contributed by atoms with Gasteiger partial charge in [-0.3, -0.25) is 19.9 Å². The van der Waals surface area contributed by atoms with Crippen molar-refractivity contribution in [2.45, 2.75) is 0 Å². The summed E-state index contributed by atoms with van der Waals surface area (Å²) >= 11 is 1.42. The molecule has 0 aliphatic carbocycles. The average molecular weight is 406 g/mol. The summed E-state index contributed by atoms with van der Waals surface area (Å²) in [5.74, 6) is -0.188. The Morgan fingerprint density at radius 1 is 1.17 bits per heavy atom. The molecule has 0 bridgehead atoms. The van der Waals surface area contributed by atoms with E-state index in [4.69, 9.17) is 4.74 Å². The molecule has 144 valence electrons. The molecule has 9 heteroatoms. The lowest BCUT2D eigenvalue weighted by Crippen LogP contribution is -2.15. The van der Waals surface area contributed by atoms with Gasteiger partial charge in [0.2, 0.25) is 0 Å². The van der Waals surface area contributed by atoms with E-state index in [1.165, 1.54) is 30.6 Å². The van der Waals surface area contributed by atoms with Gasteiger partial charge in [-0.25, -0.2) is 4.98 Å². The van der Waals surface area contributed by atoms with Crippen LogP contribution in [0, 0.1) is 10.1 Å². The molecule has 4 rings (SSSR count). The van der Waals surface area contributed by atoms with E-state index < -0.39 is 10.8 Å². The number of benzene rings is 2. The number of amides is 1. The van der Waals surface area contributed by atoms with Gasteiger partial charge in [0.1, 0.15) is 22.1 Å². The number of aromatic nitrogens is 2. The minimum atomic E-state index is -0.574. The van der Waals surface area contributed by atoms with E-state index in [1.54, 1.807) is 24.4 Å². The largest absolute Gasteiger partial charge is 0.496 e. The zero-order valence-electron chi connectivity index (χ0n) is 15.2. The number of rotatable bonds is 5. The van der Waals surface area contributed by atoms with E-state index in [-0.39, 0.29) is 16.9 Å². The number of thiazole rings is 1. The van der Waals surface area contributed by atoms with E-state index in [9.17, 15) is 14.9 Å². The third-order valence-corrected chi connectivity index (χ3v) is 5.24. The molecule has 0 aliphatic heterocycles. The van der Waals surface area contributed by atoms with Crippen LogP contribution in [0.4, 0.5) is 11.4 Å². The number of nitro benzene ring substituents is 1. The van der Waals surface area contributed by atoms with Crippen molar-refractivity contribution in [2.24, 2.45) is 0 Å². The smallest absolute Gasteiger partial charge is 0.296 e. The SMILES string of the molecule is COc1ccc(NC(=O)c2cccnc2-c2nc3ccccc3s2)c([N+](=O)[O-])c1. The van der Waals surface area contributed by atoms with Gasteiger partial charge in [0.15, 0.2) is 0 Å². The number of fused-ring (bicyclic) bond motifs is 1. The lowest BCUT2D eigenvalue weighted by Gasteiger charge is -2.09. The summed E-state index contributed by atoms with van der Waals surface area (Å²) in [7, 11) is 1.41. The number of ether oxygens (including phenoxy) is 1. The molecule has 2 heterocycles. The van der Waals surface area contributed by atoms with Gasteiger partial charge >= 0.3 is 0 Å². The van der Waals surface area contributed by atoms with Crippen molar-refractivity contribution in [3.8, 4) is 16.5 Å². The third kappa shape index (κ3) is 3.63. The van der Waals surface area contributed by atoms with Gasteiger partial charge in [-0.2, -0.15) is 0 Å². The number of para-hydroxylation sites is 1. The second kappa shape index (κ2) is 7.64. The maximum Gasteiger partial charge on any atom is 0.296 e. The zero-order chi connectivity index (χ0) is 20.4. The van der Waals surface area contributed by atoms with Crippen molar-refractivity contribution in [3.05, 3.63) is 76.5 Å². The Hall–Kier alpha value is -3.85. The molecule has 8 nitrogen and oxygen atoms in total. The van der Waals surface area contributed by atoms with Crippen LogP contribution in [-0.4, -0.2) is 27.9 Å². The van der Waals surface area contributed by atoms with Crippen molar-refractivity contribution < 1.29 is 14.5 Å². The quantitative estimate of drug-likeness (QED) is 0.385. The number of hydrogen-bond acceptors (Lipinski definition) is 7. The number of carbonyl (C=O) groups excluding carboxylic acids is 1. The van der Waals surface area contributed by atoms with Gasteiger partial charge in [-0.1, -0.05) is 12.1 Å². The molecule has 0 fully saturated rings. The Kier molecular flexibility index (Phi) is 4.88. The second-order valence-electron chi connectivity index (χ2n) is 5.98. The molecule has 0 unspecified atom stereocenters. The molecule has 0 saturated carbocycles. The first-order valence-electron chi connectivity index (χ1n) is 8.51. The number of carbonyl (C=O) groups is 1. The predicted octanol–water partition coefficient (Wildman–Crippen LogP) is 4.53. The first kappa shape index (κ1) is 18.5. The summed E-state index contributed by atoms with van der Waals surface area (Å²) in [5.41, 5.74) is 1.32. The minimum absolute atomic E-state index is 0.0694. The van der Waals surface area contributed by atoms with Crippen LogP contribution in [0.5, 0.6) is 5.75 Å². The Labute approximate surface area is 169 Å². The van der Waals surface area contributed by atoms with Crippen molar-refractivity contribution >= 4 is 38.8 Å². The van der Waals surface area contributed by atoms with E-state index in [1.807, 2.05) is 24.3 Å². The lowest BCUT2D eigenvalue weighted by atomic mass is 10.1. The Morgan fingerprint density at radius 2 is 2.00 bits per heavy atom. The minimum Gasteiger partial charge on any atom is -0.496 e. The summed E-state index contributed by atoms with van der Waals surface area (Å²) in [5, 5.41) is 14.6. The molecule has 0 aliphatic rings.